The van der Waals surface area contributed by atoms with Gasteiger partial charge in [0.2, 0.25) is 0 Å². The molecule has 0 bridgehead atoms. The molecule has 0 spiro atoms. The van der Waals surface area contributed by atoms with E-state index in [4.69, 9.17) is 5.11 Å². The summed E-state index contributed by atoms with van der Waals surface area (Å²) in [6.07, 6.45) is 4.63. The third-order valence-corrected chi connectivity index (χ3v) is 5.36. The van der Waals surface area contributed by atoms with Crippen LogP contribution in [0.5, 0.6) is 0 Å². The molecule has 4 heteroatoms. The van der Waals surface area contributed by atoms with Crippen molar-refractivity contribution in [3.8, 4) is 0 Å². The molecule has 0 atom stereocenters. The highest BCUT2D eigenvalue weighted by atomic mass is 16.4. The largest absolute Gasteiger partial charge is 0.478 e. The number of aromatic carboxylic acids is 1. The second kappa shape index (κ2) is 6.69. The zero-order valence-corrected chi connectivity index (χ0v) is 16.2. The second-order valence-corrected chi connectivity index (χ2v) is 8.45. The van der Waals surface area contributed by atoms with E-state index in [-0.39, 0.29) is 16.4 Å². The Morgan fingerprint density at radius 3 is 2.15 bits per heavy atom. The van der Waals surface area contributed by atoms with E-state index >= 15 is 0 Å². The highest BCUT2D eigenvalue weighted by molar-refractivity contribution is 6.10. The van der Waals surface area contributed by atoms with Crippen molar-refractivity contribution in [1.29, 1.82) is 0 Å². The van der Waals surface area contributed by atoms with Gasteiger partial charge in [-0.2, -0.15) is 0 Å². The van der Waals surface area contributed by atoms with Gasteiger partial charge in [0.05, 0.1) is 5.56 Å². The zero-order valence-electron chi connectivity index (χ0n) is 16.2. The van der Waals surface area contributed by atoms with Gasteiger partial charge in [-0.15, -0.1) is 0 Å². The third-order valence-electron chi connectivity index (χ3n) is 5.36. The Morgan fingerprint density at radius 2 is 1.56 bits per heavy atom. The first-order chi connectivity index (χ1) is 12.6. The van der Waals surface area contributed by atoms with Gasteiger partial charge in [-0.05, 0) is 58.2 Å². The number of hydrogen-bond donors (Lipinski definition) is 2. The van der Waals surface area contributed by atoms with E-state index in [1.54, 1.807) is 30.3 Å². The van der Waals surface area contributed by atoms with E-state index in [9.17, 15) is 10.0 Å². The molecule has 140 valence electrons. The zero-order chi connectivity index (χ0) is 19.8. The summed E-state index contributed by atoms with van der Waals surface area (Å²) in [5.74, 6) is -0.952. The maximum atomic E-state index is 10.9. The molecule has 2 aromatic carbocycles. The van der Waals surface area contributed by atoms with Crippen molar-refractivity contribution < 1.29 is 15.1 Å². The first-order valence-electron chi connectivity index (χ1n) is 9.03. The lowest BCUT2D eigenvalue weighted by Crippen LogP contribution is -2.18. The lowest BCUT2D eigenvalue weighted by atomic mass is 9.82. The molecule has 0 heterocycles. The summed E-state index contributed by atoms with van der Waals surface area (Å²) in [7, 11) is 0. The van der Waals surface area contributed by atoms with Crippen LogP contribution in [0.25, 0.3) is 6.08 Å². The average molecular weight is 363 g/mol. The Kier molecular flexibility index (Phi) is 4.68. The monoisotopic (exact) mass is 363 g/mol. The Morgan fingerprint density at radius 1 is 0.963 bits per heavy atom. The molecular weight excluding hydrogens is 338 g/mol. The van der Waals surface area contributed by atoms with Crippen molar-refractivity contribution in [3.05, 3.63) is 76.4 Å². The van der Waals surface area contributed by atoms with Crippen LogP contribution in [0.15, 0.2) is 53.7 Å². The molecule has 3 rings (SSSR count). The van der Waals surface area contributed by atoms with E-state index in [0.717, 1.165) is 17.5 Å². The Labute approximate surface area is 159 Å². The number of oxime groups is 1. The number of fused-ring (bicyclic) bond motifs is 1. The van der Waals surface area contributed by atoms with Gasteiger partial charge in [0.1, 0.15) is 5.71 Å². The summed E-state index contributed by atoms with van der Waals surface area (Å²) in [6.45, 7) is 9.03. The Balaban J connectivity index is 1.90. The third kappa shape index (κ3) is 3.65. The van der Waals surface area contributed by atoms with Crippen molar-refractivity contribution in [1.82, 2.24) is 0 Å². The number of carboxylic acid groups (broad SMARTS) is 1. The van der Waals surface area contributed by atoms with Crippen LogP contribution in [0.2, 0.25) is 0 Å². The molecule has 2 N–H and O–H groups in total. The van der Waals surface area contributed by atoms with E-state index in [1.165, 1.54) is 11.1 Å². The van der Waals surface area contributed by atoms with Crippen LogP contribution in [0.4, 0.5) is 0 Å². The minimum atomic E-state index is -0.952. The van der Waals surface area contributed by atoms with Gasteiger partial charge in [0.15, 0.2) is 0 Å². The normalized spacial score (nSPS) is 17.9. The first kappa shape index (κ1) is 18.9. The summed E-state index contributed by atoms with van der Waals surface area (Å²) in [5, 5.41) is 21.9. The lowest BCUT2D eigenvalue weighted by Gasteiger charge is -2.22. The van der Waals surface area contributed by atoms with Gasteiger partial charge in [-0.1, -0.05) is 63.2 Å². The molecule has 1 aliphatic carbocycles. The summed E-state index contributed by atoms with van der Waals surface area (Å²) in [4.78, 5) is 10.9. The number of carbonyl (C=O) groups is 1. The van der Waals surface area contributed by atoms with E-state index in [2.05, 4.69) is 45.0 Å². The van der Waals surface area contributed by atoms with E-state index in [1.807, 2.05) is 12.1 Å². The lowest BCUT2D eigenvalue weighted by molar-refractivity contribution is 0.0697. The Hall–Kier alpha value is -2.88. The maximum Gasteiger partial charge on any atom is 0.335 e. The average Bonchev–Trinajstić information content (AvgIpc) is 2.80. The van der Waals surface area contributed by atoms with Gasteiger partial charge < -0.3 is 10.3 Å². The fourth-order valence-corrected chi connectivity index (χ4v) is 4.25. The van der Waals surface area contributed by atoms with Crippen LogP contribution in [-0.2, 0) is 10.8 Å². The highest BCUT2D eigenvalue weighted by Crippen LogP contribution is 2.49. The van der Waals surface area contributed by atoms with Gasteiger partial charge in [-0.3, -0.25) is 0 Å². The molecule has 0 saturated heterocycles. The molecule has 0 fully saturated rings. The van der Waals surface area contributed by atoms with Crippen molar-refractivity contribution in [2.45, 2.75) is 44.9 Å². The van der Waals surface area contributed by atoms with Crippen molar-refractivity contribution >= 4 is 17.8 Å². The number of benzene rings is 2. The van der Waals surface area contributed by atoms with Gasteiger partial charge in [0, 0.05) is 5.56 Å². The van der Waals surface area contributed by atoms with Crippen molar-refractivity contribution in [2.75, 3.05) is 0 Å². The summed E-state index contributed by atoms with van der Waals surface area (Å²) in [6, 6.07) is 12.8. The molecule has 4 nitrogen and oxygen atoms in total. The fourth-order valence-electron chi connectivity index (χ4n) is 4.25. The van der Waals surface area contributed by atoms with Crippen LogP contribution in [0.1, 0.15) is 66.7 Å². The maximum absolute atomic E-state index is 10.9. The smallest absolute Gasteiger partial charge is 0.335 e. The molecule has 0 unspecified atom stereocenters. The SMILES string of the molecule is CC1(C)CC(C)(C)c2cc(C(C=Cc3ccc(C(=O)O)cc3)=NO)ccc21. The van der Waals surface area contributed by atoms with Crippen LogP contribution in [0.3, 0.4) is 0 Å². The Bertz CT molecular complexity index is 935. The molecule has 0 radical (unpaired) electrons. The summed E-state index contributed by atoms with van der Waals surface area (Å²) in [5.41, 5.74) is 5.27. The van der Waals surface area contributed by atoms with Crippen LogP contribution >= 0.6 is 0 Å². The number of hydrogen-bond acceptors (Lipinski definition) is 3. The second-order valence-electron chi connectivity index (χ2n) is 8.45. The summed E-state index contributed by atoms with van der Waals surface area (Å²) >= 11 is 0. The standard InChI is InChI=1S/C23H25NO3/c1-22(2)14-23(3,4)19-13-17(10-11-18(19)22)20(24-27)12-7-15-5-8-16(9-6-15)21(25)26/h5-13,27H,14H2,1-4H3,(H,25,26). The van der Waals surface area contributed by atoms with Gasteiger partial charge in [-0.25, -0.2) is 4.79 Å². The van der Waals surface area contributed by atoms with E-state index < -0.39 is 5.97 Å². The molecule has 0 aromatic heterocycles. The van der Waals surface area contributed by atoms with Crippen LogP contribution < -0.4 is 0 Å². The van der Waals surface area contributed by atoms with Crippen LogP contribution in [-0.4, -0.2) is 22.0 Å². The van der Waals surface area contributed by atoms with Gasteiger partial charge >= 0.3 is 5.97 Å². The summed E-state index contributed by atoms with van der Waals surface area (Å²) < 4.78 is 0. The van der Waals surface area contributed by atoms with Crippen molar-refractivity contribution in [3.63, 3.8) is 0 Å². The van der Waals surface area contributed by atoms with Gasteiger partial charge in [0.25, 0.3) is 0 Å². The first-order valence-corrected chi connectivity index (χ1v) is 9.03. The minimum absolute atomic E-state index is 0.0752. The topological polar surface area (TPSA) is 69.9 Å². The fraction of sp³-hybridized carbons (Fsp3) is 0.304. The molecule has 0 amide bonds. The number of rotatable bonds is 4. The number of nitrogens with zero attached hydrogens (tertiary/aromatic N) is 1. The predicted octanol–water partition coefficient (Wildman–Crippen LogP) is 5.24. The molecule has 2 aromatic rings. The minimum Gasteiger partial charge on any atom is -0.478 e. The highest BCUT2D eigenvalue weighted by Gasteiger charge is 2.41. The number of allylic oxidation sites excluding steroid dienone is 1. The molecule has 1 aliphatic rings. The number of carboxylic acids is 1. The van der Waals surface area contributed by atoms with E-state index in [0.29, 0.717) is 5.71 Å². The predicted molar refractivity (Wildman–Crippen MR) is 108 cm³/mol. The molecule has 27 heavy (non-hydrogen) atoms. The molecule has 0 saturated carbocycles. The molecule has 0 aliphatic heterocycles. The quantitative estimate of drug-likeness (QED) is 0.444. The van der Waals surface area contributed by atoms with Crippen molar-refractivity contribution in [2.24, 2.45) is 5.16 Å². The van der Waals surface area contributed by atoms with Crippen LogP contribution in [0, 0.1) is 0 Å². The molecular formula is C23H25NO3.